The molecule has 0 bridgehead atoms. The lowest BCUT2D eigenvalue weighted by atomic mass is 9.59. The van der Waals surface area contributed by atoms with Crippen LogP contribution >= 0.6 is 0 Å². The minimum atomic E-state index is -0.311. The minimum Gasteiger partial charge on any atom is -0.314 e. The van der Waals surface area contributed by atoms with Gasteiger partial charge in [0.15, 0.2) is 0 Å². The lowest BCUT2D eigenvalue weighted by Crippen LogP contribution is -2.36. The number of rotatable bonds is 9. The normalized spacial score (nSPS) is 25.5. The molecule has 2 aromatic carbocycles. The van der Waals surface area contributed by atoms with E-state index in [1.165, 1.54) is 33.4 Å². The van der Waals surface area contributed by atoms with Crippen molar-refractivity contribution < 1.29 is 0 Å². The first-order valence-corrected chi connectivity index (χ1v) is 12.9. The Balaban J connectivity index is 1.58. The highest BCUT2D eigenvalue weighted by molar-refractivity contribution is 5.60. The summed E-state index contributed by atoms with van der Waals surface area (Å²) in [5.41, 5.74) is 14.1. The highest BCUT2D eigenvalue weighted by atomic mass is 15.3. The predicted molar refractivity (Wildman–Crippen MR) is 153 cm³/mol. The fourth-order valence-electron chi connectivity index (χ4n) is 6.16. The van der Waals surface area contributed by atoms with Crippen molar-refractivity contribution in [3.63, 3.8) is 0 Å². The molecule has 0 amide bonds. The number of hydrogen-bond acceptors (Lipinski definition) is 2. The molecule has 1 heterocycles. The van der Waals surface area contributed by atoms with E-state index in [1.54, 1.807) is 6.08 Å². The molecule has 3 aliphatic rings. The average molecular weight is 473 g/mol. The van der Waals surface area contributed by atoms with Crippen LogP contribution in [0, 0.1) is 0 Å². The van der Waals surface area contributed by atoms with Gasteiger partial charge in [-0.3, -0.25) is 5.32 Å². The van der Waals surface area contributed by atoms with E-state index < -0.39 is 0 Å². The van der Waals surface area contributed by atoms with Crippen molar-refractivity contribution in [2.75, 3.05) is 0 Å². The van der Waals surface area contributed by atoms with E-state index in [4.69, 9.17) is 5.73 Å². The number of nitrogens with one attached hydrogen (secondary N) is 1. The Hall–Kier alpha value is -3.46. The molecule has 1 fully saturated rings. The number of nitrogens with two attached hydrogens (primary N) is 1. The van der Waals surface area contributed by atoms with Crippen LogP contribution in [-0.2, 0) is 11.0 Å². The van der Waals surface area contributed by atoms with Crippen molar-refractivity contribution in [3.05, 3.63) is 155 Å². The third-order valence-electron chi connectivity index (χ3n) is 8.16. The molecule has 2 nitrogen and oxygen atoms in total. The van der Waals surface area contributed by atoms with E-state index in [9.17, 15) is 0 Å². The molecule has 2 aliphatic carbocycles. The molecule has 0 spiro atoms. The lowest BCUT2D eigenvalue weighted by Gasteiger charge is -2.43. The summed E-state index contributed by atoms with van der Waals surface area (Å²) in [6.45, 7) is 8.42. The largest absolute Gasteiger partial charge is 0.314 e. The molecule has 4 unspecified atom stereocenters. The third kappa shape index (κ3) is 4.01. The fraction of sp³-hybridized carbons (Fsp3) is 0.235. The minimum absolute atomic E-state index is 0.0799. The smallest absolute Gasteiger partial charge is 0.0923 e. The van der Waals surface area contributed by atoms with Crippen molar-refractivity contribution >= 4 is 0 Å². The zero-order chi connectivity index (χ0) is 25.2. The summed E-state index contributed by atoms with van der Waals surface area (Å²) in [5.74, 6) is 0.246. The summed E-state index contributed by atoms with van der Waals surface area (Å²) in [7, 11) is 0. The molecule has 182 valence electrons. The second kappa shape index (κ2) is 9.89. The van der Waals surface area contributed by atoms with Crippen molar-refractivity contribution in [1.29, 1.82) is 0 Å². The highest BCUT2D eigenvalue weighted by Gasteiger charge is 2.51. The van der Waals surface area contributed by atoms with Crippen LogP contribution in [0.4, 0.5) is 0 Å². The Morgan fingerprint density at radius 1 is 1.03 bits per heavy atom. The average Bonchev–Trinajstić information content (AvgIpc) is 3.27. The van der Waals surface area contributed by atoms with Gasteiger partial charge in [-0.15, -0.1) is 0 Å². The molecular formula is C34H36N2. The Morgan fingerprint density at radius 2 is 1.78 bits per heavy atom. The van der Waals surface area contributed by atoms with Crippen LogP contribution in [0.1, 0.15) is 49.3 Å². The van der Waals surface area contributed by atoms with Crippen LogP contribution < -0.4 is 11.1 Å². The van der Waals surface area contributed by atoms with E-state index in [0.717, 1.165) is 12.8 Å². The van der Waals surface area contributed by atoms with E-state index in [0.29, 0.717) is 0 Å². The molecule has 5 rings (SSSR count). The maximum Gasteiger partial charge on any atom is 0.0923 e. The molecule has 36 heavy (non-hydrogen) atoms. The molecule has 3 N–H and O–H groups in total. The Morgan fingerprint density at radius 3 is 2.36 bits per heavy atom. The summed E-state index contributed by atoms with van der Waals surface area (Å²) in [4.78, 5) is 0. The van der Waals surface area contributed by atoms with Crippen molar-refractivity contribution in [1.82, 2.24) is 5.32 Å². The van der Waals surface area contributed by atoms with Gasteiger partial charge in [-0.1, -0.05) is 140 Å². The summed E-state index contributed by atoms with van der Waals surface area (Å²) in [6, 6.07) is 20.2. The van der Waals surface area contributed by atoms with Crippen LogP contribution in [-0.4, -0.2) is 6.17 Å². The number of benzene rings is 2. The summed E-state index contributed by atoms with van der Waals surface area (Å²) in [6.07, 6.45) is 23.3. The zero-order valence-electron chi connectivity index (χ0n) is 21.3. The van der Waals surface area contributed by atoms with Crippen LogP contribution in [0.3, 0.4) is 0 Å². The van der Waals surface area contributed by atoms with Gasteiger partial charge in [0.2, 0.25) is 0 Å². The van der Waals surface area contributed by atoms with Crippen LogP contribution in [0.2, 0.25) is 0 Å². The Bertz CT molecular complexity index is 1300. The van der Waals surface area contributed by atoms with E-state index in [1.807, 2.05) is 18.2 Å². The standard InChI is InChI=1S/C34H36N2/c1-4-5-6-12-24-33(32(35)36-33)28-22-20-27(21-23-28)26(3)34(30-17-10-11-18-30,29-15-8-7-9-16-29)31-19-13-14-25(31)2/h4-13,15-17,19-24,26,32,36H,1,14,18,35H2,2-3H3/b6-5-,24-12+. The van der Waals surface area contributed by atoms with Crippen molar-refractivity contribution in [2.45, 2.75) is 49.7 Å². The Kier molecular flexibility index (Phi) is 6.66. The van der Waals surface area contributed by atoms with Crippen molar-refractivity contribution in [3.8, 4) is 0 Å². The first-order valence-electron chi connectivity index (χ1n) is 12.9. The van der Waals surface area contributed by atoms with Crippen molar-refractivity contribution in [2.24, 2.45) is 5.73 Å². The van der Waals surface area contributed by atoms with Gasteiger partial charge < -0.3 is 5.73 Å². The highest BCUT2D eigenvalue weighted by Crippen LogP contribution is 2.54. The van der Waals surface area contributed by atoms with Gasteiger partial charge in [-0.05, 0) is 47.9 Å². The van der Waals surface area contributed by atoms with Gasteiger partial charge in [0.25, 0.3) is 0 Å². The molecule has 0 saturated carbocycles. The summed E-state index contributed by atoms with van der Waals surface area (Å²) >= 11 is 0. The maximum absolute atomic E-state index is 6.34. The number of hydrogen-bond donors (Lipinski definition) is 2. The SMILES string of the molecule is C=C/C=C\C=C\C1(c2ccc(C(C)C(C3=CC=CC3)(C3=C(C)CC=C3)c3ccccc3)cc2)NC1N. The topological polar surface area (TPSA) is 48.0 Å². The molecule has 4 atom stereocenters. The quantitative estimate of drug-likeness (QED) is 0.298. The monoisotopic (exact) mass is 472 g/mol. The maximum atomic E-state index is 6.34. The molecular weight excluding hydrogens is 436 g/mol. The molecule has 2 heteroatoms. The molecule has 1 saturated heterocycles. The number of allylic oxidation sites excluding steroid dienone is 12. The first kappa shape index (κ1) is 24.2. The second-order valence-electron chi connectivity index (χ2n) is 10.1. The van der Waals surface area contributed by atoms with E-state index in [-0.39, 0.29) is 23.0 Å². The molecule has 0 radical (unpaired) electrons. The molecule has 0 aromatic heterocycles. The van der Waals surface area contributed by atoms with Gasteiger partial charge >= 0.3 is 0 Å². The van der Waals surface area contributed by atoms with E-state index >= 15 is 0 Å². The van der Waals surface area contributed by atoms with Gasteiger partial charge in [0, 0.05) is 5.41 Å². The first-order chi connectivity index (χ1) is 17.5. The van der Waals surface area contributed by atoms with Gasteiger partial charge in [0.1, 0.15) is 0 Å². The lowest BCUT2D eigenvalue weighted by molar-refractivity contribution is 0.491. The van der Waals surface area contributed by atoms with Crippen LogP contribution in [0.15, 0.2) is 139 Å². The van der Waals surface area contributed by atoms with Crippen LogP contribution in [0.25, 0.3) is 0 Å². The zero-order valence-corrected chi connectivity index (χ0v) is 21.3. The molecule has 2 aromatic rings. The summed E-state index contributed by atoms with van der Waals surface area (Å²) in [5, 5.41) is 3.44. The Labute approximate surface area is 216 Å². The van der Waals surface area contributed by atoms with Gasteiger partial charge in [-0.25, -0.2) is 0 Å². The van der Waals surface area contributed by atoms with Gasteiger partial charge in [0.05, 0.1) is 11.7 Å². The molecule has 1 aliphatic heterocycles. The van der Waals surface area contributed by atoms with E-state index in [2.05, 4.69) is 117 Å². The fourth-order valence-corrected chi connectivity index (χ4v) is 6.16. The second-order valence-corrected chi connectivity index (χ2v) is 10.1. The third-order valence-corrected chi connectivity index (χ3v) is 8.16. The van der Waals surface area contributed by atoms with Gasteiger partial charge in [-0.2, -0.15) is 0 Å². The predicted octanol–water partition coefficient (Wildman–Crippen LogP) is 7.27. The summed E-state index contributed by atoms with van der Waals surface area (Å²) < 4.78 is 0. The van der Waals surface area contributed by atoms with Crippen LogP contribution in [0.5, 0.6) is 0 Å².